The molecule has 0 bridgehead atoms. The Morgan fingerprint density at radius 1 is 0.971 bits per heavy atom. The van der Waals surface area contributed by atoms with Gasteiger partial charge in [-0.25, -0.2) is 4.39 Å². The summed E-state index contributed by atoms with van der Waals surface area (Å²) in [6.07, 6.45) is 0.0935. The predicted molar refractivity (Wildman–Crippen MR) is 130 cm³/mol. The number of methoxy groups -OCH3 is 1. The van der Waals surface area contributed by atoms with Gasteiger partial charge in [-0.15, -0.1) is 0 Å². The van der Waals surface area contributed by atoms with Crippen molar-refractivity contribution in [2.75, 3.05) is 7.11 Å². The number of Topliss-reactive ketones (excluding diaryl/α,β-unsaturated/α-hetero) is 2. The van der Waals surface area contributed by atoms with Crippen molar-refractivity contribution in [2.45, 2.75) is 38.8 Å². The van der Waals surface area contributed by atoms with Gasteiger partial charge in [-0.05, 0) is 35.2 Å². The number of ether oxygens (including phenoxy) is 1. The van der Waals surface area contributed by atoms with Crippen molar-refractivity contribution in [3.05, 3.63) is 83.7 Å². The van der Waals surface area contributed by atoms with E-state index in [1.807, 2.05) is 44.2 Å². The SMILES string of the molecule is COC(=O)[C@@]1(C)N[C@@H](c2ccccc2F)[C@@]2(C(=O)c3ccc4ccccc4c3)C(=O)CC(C)(C)C21. The Hall–Kier alpha value is -3.38. The number of carbonyl (C=O) groups excluding carboxylic acids is 3. The molecule has 0 spiro atoms. The number of benzene rings is 3. The predicted octanol–water partition coefficient (Wildman–Crippen LogP) is 5.04. The van der Waals surface area contributed by atoms with E-state index in [1.54, 1.807) is 37.3 Å². The van der Waals surface area contributed by atoms with Gasteiger partial charge in [0, 0.05) is 23.5 Å². The highest BCUT2D eigenvalue weighted by molar-refractivity contribution is 6.19. The van der Waals surface area contributed by atoms with Crippen molar-refractivity contribution in [3.8, 4) is 0 Å². The van der Waals surface area contributed by atoms with Gasteiger partial charge >= 0.3 is 5.97 Å². The van der Waals surface area contributed by atoms with E-state index >= 15 is 4.39 Å². The molecule has 1 heterocycles. The molecule has 35 heavy (non-hydrogen) atoms. The van der Waals surface area contributed by atoms with Crippen LogP contribution < -0.4 is 5.32 Å². The molecule has 5 rings (SSSR count). The molecule has 1 saturated carbocycles. The largest absolute Gasteiger partial charge is 0.468 e. The summed E-state index contributed by atoms with van der Waals surface area (Å²) in [5.41, 5.74) is -3.25. The third-order valence-corrected chi connectivity index (χ3v) is 8.00. The van der Waals surface area contributed by atoms with Crippen molar-refractivity contribution >= 4 is 28.3 Å². The molecule has 5 nitrogen and oxygen atoms in total. The standard InChI is InChI=1S/C29H28FNO4/c1-27(2)16-22(32)29(24(33)19-14-13-17-9-5-6-10-18(17)15-19)23(20-11-7-8-12-21(20)30)31-28(3,25(27)29)26(34)35-4/h5-15,23,25,31H,16H2,1-4H3/t23-,25?,28-,29+/m0/s1. The summed E-state index contributed by atoms with van der Waals surface area (Å²) >= 11 is 0. The Labute approximate surface area is 203 Å². The van der Waals surface area contributed by atoms with E-state index in [0.717, 1.165) is 10.8 Å². The first kappa shape index (κ1) is 23.4. The van der Waals surface area contributed by atoms with Crippen molar-refractivity contribution in [3.63, 3.8) is 0 Å². The van der Waals surface area contributed by atoms with Crippen LogP contribution in [0.1, 0.15) is 49.2 Å². The number of rotatable bonds is 4. The van der Waals surface area contributed by atoms with E-state index in [-0.39, 0.29) is 17.8 Å². The summed E-state index contributed by atoms with van der Waals surface area (Å²) in [5.74, 6) is -2.58. The van der Waals surface area contributed by atoms with Gasteiger partial charge in [0.15, 0.2) is 5.78 Å². The van der Waals surface area contributed by atoms with Crippen molar-refractivity contribution < 1.29 is 23.5 Å². The van der Waals surface area contributed by atoms with E-state index in [1.165, 1.54) is 13.2 Å². The molecule has 0 radical (unpaired) electrons. The lowest BCUT2D eigenvalue weighted by molar-refractivity contribution is -0.151. The highest BCUT2D eigenvalue weighted by Gasteiger charge is 2.77. The first-order valence-corrected chi connectivity index (χ1v) is 11.7. The van der Waals surface area contributed by atoms with Crippen LogP contribution in [0, 0.1) is 22.6 Å². The maximum absolute atomic E-state index is 15.2. The van der Waals surface area contributed by atoms with Crippen LogP contribution in [-0.2, 0) is 14.3 Å². The molecule has 3 aromatic carbocycles. The lowest BCUT2D eigenvalue weighted by atomic mass is 9.59. The zero-order chi connectivity index (χ0) is 25.2. The van der Waals surface area contributed by atoms with Crippen LogP contribution in [0.4, 0.5) is 4.39 Å². The van der Waals surface area contributed by atoms with Gasteiger partial charge in [0.2, 0.25) is 0 Å². The number of nitrogens with one attached hydrogen (secondary N) is 1. The summed E-state index contributed by atoms with van der Waals surface area (Å²) in [7, 11) is 1.28. The molecule has 6 heteroatoms. The van der Waals surface area contributed by atoms with Crippen LogP contribution in [-0.4, -0.2) is 30.2 Å². The Morgan fingerprint density at radius 2 is 1.63 bits per heavy atom. The third kappa shape index (κ3) is 3.12. The van der Waals surface area contributed by atoms with Crippen molar-refractivity contribution in [1.82, 2.24) is 5.32 Å². The lowest BCUT2D eigenvalue weighted by Gasteiger charge is -2.39. The van der Waals surface area contributed by atoms with Gasteiger partial charge in [-0.3, -0.25) is 19.7 Å². The molecular formula is C29H28FNO4. The fourth-order valence-corrected chi connectivity index (χ4v) is 6.88. The van der Waals surface area contributed by atoms with Crippen LogP contribution in [0.15, 0.2) is 66.7 Å². The van der Waals surface area contributed by atoms with E-state index in [4.69, 9.17) is 4.74 Å². The molecular weight excluding hydrogens is 445 g/mol. The zero-order valence-electron chi connectivity index (χ0n) is 20.2. The highest BCUT2D eigenvalue weighted by atomic mass is 19.1. The van der Waals surface area contributed by atoms with Gasteiger partial charge in [-0.1, -0.05) is 68.4 Å². The zero-order valence-corrected chi connectivity index (χ0v) is 20.2. The summed E-state index contributed by atoms with van der Waals surface area (Å²) in [6.45, 7) is 5.43. The van der Waals surface area contributed by atoms with Crippen molar-refractivity contribution in [2.24, 2.45) is 16.7 Å². The number of esters is 1. The van der Waals surface area contributed by atoms with E-state index < -0.39 is 45.9 Å². The second-order valence-electron chi connectivity index (χ2n) is 10.6. The smallest absolute Gasteiger partial charge is 0.326 e. The number of halogens is 1. The fourth-order valence-electron chi connectivity index (χ4n) is 6.88. The van der Waals surface area contributed by atoms with Gasteiger partial charge < -0.3 is 4.74 Å². The Bertz CT molecular complexity index is 1380. The first-order valence-electron chi connectivity index (χ1n) is 11.7. The van der Waals surface area contributed by atoms with Crippen LogP contribution >= 0.6 is 0 Å². The third-order valence-electron chi connectivity index (χ3n) is 8.00. The quantitative estimate of drug-likeness (QED) is 0.327. The van der Waals surface area contributed by atoms with Gasteiger partial charge in [-0.2, -0.15) is 0 Å². The lowest BCUT2D eigenvalue weighted by Crippen LogP contribution is -2.55. The average Bonchev–Trinajstić information content (AvgIpc) is 3.26. The summed E-state index contributed by atoms with van der Waals surface area (Å²) < 4.78 is 20.4. The monoisotopic (exact) mass is 473 g/mol. The number of ketones is 2. The molecule has 2 fully saturated rings. The summed E-state index contributed by atoms with van der Waals surface area (Å²) in [4.78, 5) is 41.8. The Balaban J connectivity index is 1.80. The minimum absolute atomic E-state index is 0.0935. The maximum Gasteiger partial charge on any atom is 0.326 e. The molecule has 1 aliphatic carbocycles. The number of carbonyl (C=O) groups is 3. The molecule has 0 aromatic heterocycles. The minimum Gasteiger partial charge on any atom is -0.468 e. The van der Waals surface area contributed by atoms with E-state index in [9.17, 15) is 14.4 Å². The second-order valence-corrected chi connectivity index (χ2v) is 10.6. The molecule has 4 atom stereocenters. The molecule has 0 amide bonds. The molecule has 1 N–H and O–H groups in total. The topological polar surface area (TPSA) is 72.5 Å². The summed E-state index contributed by atoms with van der Waals surface area (Å²) in [6, 6.07) is 18.0. The normalized spacial score (nSPS) is 29.2. The minimum atomic E-state index is -1.68. The maximum atomic E-state index is 15.2. The molecule has 1 unspecified atom stereocenters. The van der Waals surface area contributed by atoms with Crippen LogP contribution in [0.3, 0.4) is 0 Å². The number of hydrogen-bond donors (Lipinski definition) is 1. The molecule has 180 valence electrons. The molecule has 2 aliphatic rings. The Kier molecular flexibility index (Phi) is 5.22. The van der Waals surface area contributed by atoms with Crippen LogP contribution in [0.5, 0.6) is 0 Å². The molecule has 1 aliphatic heterocycles. The van der Waals surface area contributed by atoms with Gasteiger partial charge in [0.05, 0.1) is 13.2 Å². The highest BCUT2D eigenvalue weighted by Crippen LogP contribution is 2.66. The Morgan fingerprint density at radius 3 is 2.31 bits per heavy atom. The van der Waals surface area contributed by atoms with E-state index in [2.05, 4.69) is 5.32 Å². The molecule has 1 saturated heterocycles. The van der Waals surface area contributed by atoms with Gasteiger partial charge in [0.1, 0.15) is 22.6 Å². The average molecular weight is 474 g/mol. The number of fused-ring (bicyclic) bond motifs is 2. The van der Waals surface area contributed by atoms with Crippen LogP contribution in [0.25, 0.3) is 10.8 Å². The molecule has 3 aromatic rings. The second kappa shape index (κ2) is 7.82. The number of hydrogen-bond acceptors (Lipinski definition) is 5. The first-order chi connectivity index (χ1) is 16.6. The van der Waals surface area contributed by atoms with E-state index in [0.29, 0.717) is 5.56 Å². The fraction of sp³-hybridized carbons (Fsp3) is 0.345. The van der Waals surface area contributed by atoms with Crippen LogP contribution in [0.2, 0.25) is 0 Å². The van der Waals surface area contributed by atoms with Crippen molar-refractivity contribution in [1.29, 1.82) is 0 Å². The van der Waals surface area contributed by atoms with Gasteiger partial charge in [0.25, 0.3) is 0 Å². The summed E-state index contributed by atoms with van der Waals surface area (Å²) in [5, 5.41) is 5.06.